The molecule has 3 nitrogen and oxygen atoms in total. The quantitative estimate of drug-likeness (QED) is 0.798. The van der Waals surface area contributed by atoms with Gasteiger partial charge in [0.05, 0.1) is 5.92 Å². The maximum Gasteiger partial charge on any atom is 0.113 e. The first-order valence-corrected chi connectivity index (χ1v) is 7.86. The number of rotatable bonds is 1. The maximum atomic E-state index is 4.61. The number of aromatic nitrogens is 1. The Balaban J connectivity index is 0.000000789. The fourth-order valence-corrected chi connectivity index (χ4v) is 1.94. The van der Waals surface area contributed by atoms with E-state index in [9.17, 15) is 0 Å². The Labute approximate surface area is 135 Å². The monoisotopic (exact) mass is 299 g/mol. The fraction of sp³-hybridized carbons (Fsp3) is 0.474. The average molecular weight is 299 g/mol. The van der Waals surface area contributed by atoms with Gasteiger partial charge in [0, 0.05) is 18.5 Å². The summed E-state index contributed by atoms with van der Waals surface area (Å²) in [5.41, 5.74) is 7.91. The van der Waals surface area contributed by atoms with Crippen molar-refractivity contribution in [2.24, 2.45) is 22.6 Å². The van der Waals surface area contributed by atoms with Crippen molar-refractivity contribution in [2.45, 2.75) is 41.0 Å². The first kappa shape index (κ1) is 19.9. The zero-order valence-corrected chi connectivity index (χ0v) is 14.6. The van der Waals surface area contributed by atoms with Crippen LogP contribution in [0.4, 0.5) is 0 Å². The molecule has 0 spiro atoms. The van der Waals surface area contributed by atoms with Crippen LogP contribution in [-0.2, 0) is 0 Å². The molecule has 1 aliphatic heterocycles. The third-order valence-corrected chi connectivity index (χ3v) is 3.00. The van der Waals surface area contributed by atoms with Crippen LogP contribution in [0.5, 0.6) is 0 Å². The Morgan fingerprint density at radius 1 is 1.45 bits per heavy atom. The van der Waals surface area contributed by atoms with Gasteiger partial charge in [-0.15, -0.1) is 0 Å². The number of hydrogen-bond acceptors (Lipinski definition) is 3. The zero-order valence-electron chi connectivity index (χ0n) is 14.6. The fourth-order valence-electron chi connectivity index (χ4n) is 1.94. The second-order valence-corrected chi connectivity index (χ2v) is 5.09. The van der Waals surface area contributed by atoms with Gasteiger partial charge in [-0.3, -0.25) is 4.99 Å². The Bertz CT molecular complexity index is 535. The van der Waals surface area contributed by atoms with Crippen molar-refractivity contribution in [2.75, 3.05) is 6.54 Å². The summed E-state index contributed by atoms with van der Waals surface area (Å²) >= 11 is 0. The van der Waals surface area contributed by atoms with E-state index >= 15 is 0 Å². The Hall–Kier alpha value is -2.08. The van der Waals surface area contributed by atoms with E-state index in [2.05, 4.69) is 54.9 Å². The molecule has 2 N–H and O–H groups in total. The lowest BCUT2D eigenvalue weighted by molar-refractivity contribution is 0.660. The van der Waals surface area contributed by atoms with Crippen LogP contribution in [0.15, 0.2) is 36.1 Å². The SMILES string of the molecule is C=CN.CC.Cc1ccnc(C#CC(C)C2=NCC(C)C2)c1. The van der Waals surface area contributed by atoms with E-state index in [4.69, 9.17) is 0 Å². The lowest BCUT2D eigenvalue weighted by Gasteiger charge is -2.03. The van der Waals surface area contributed by atoms with E-state index in [1.165, 1.54) is 17.5 Å². The van der Waals surface area contributed by atoms with E-state index in [0.717, 1.165) is 18.7 Å². The highest BCUT2D eigenvalue weighted by Crippen LogP contribution is 2.17. The lowest BCUT2D eigenvalue weighted by Crippen LogP contribution is -2.07. The molecular formula is C19H29N3. The van der Waals surface area contributed by atoms with E-state index in [0.29, 0.717) is 5.92 Å². The molecular weight excluding hydrogens is 270 g/mol. The number of nitrogens with zero attached hydrogens (tertiary/aromatic N) is 2. The summed E-state index contributed by atoms with van der Waals surface area (Å²) in [6.45, 7) is 14.5. The number of pyridine rings is 1. The van der Waals surface area contributed by atoms with Crippen molar-refractivity contribution in [1.82, 2.24) is 4.98 Å². The third-order valence-electron chi connectivity index (χ3n) is 3.00. The van der Waals surface area contributed by atoms with Crippen molar-refractivity contribution in [3.8, 4) is 11.8 Å². The summed E-state index contributed by atoms with van der Waals surface area (Å²) in [6, 6.07) is 4.00. The number of hydrogen-bond donors (Lipinski definition) is 1. The van der Waals surface area contributed by atoms with Crippen LogP contribution in [0, 0.1) is 30.6 Å². The van der Waals surface area contributed by atoms with Crippen molar-refractivity contribution in [3.63, 3.8) is 0 Å². The number of aliphatic imine (C=N–C) groups is 1. The summed E-state index contributed by atoms with van der Waals surface area (Å²) < 4.78 is 0. The minimum Gasteiger partial charge on any atom is -0.405 e. The summed E-state index contributed by atoms with van der Waals surface area (Å²) in [4.78, 5) is 8.78. The molecule has 2 heterocycles. The van der Waals surface area contributed by atoms with Crippen molar-refractivity contribution < 1.29 is 0 Å². The first-order chi connectivity index (χ1) is 10.6. The normalized spacial score (nSPS) is 16.6. The van der Waals surface area contributed by atoms with E-state index in [1.807, 2.05) is 26.0 Å². The highest BCUT2D eigenvalue weighted by atomic mass is 14.8. The van der Waals surface area contributed by atoms with Crippen molar-refractivity contribution >= 4 is 5.71 Å². The minimum absolute atomic E-state index is 0.252. The predicted octanol–water partition coefficient (Wildman–Crippen LogP) is 3.97. The van der Waals surface area contributed by atoms with Crippen LogP contribution in [-0.4, -0.2) is 17.2 Å². The molecule has 0 amide bonds. The van der Waals surface area contributed by atoms with E-state index in [-0.39, 0.29) is 5.92 Å². The van der Waals surface area contributed by atoms with Gasteiger partial charge in [0.2, 0.25) is 0 Å². The van der Waals surface area contributed by atoms with Gasteiger partial charge in [-0.25, -0.2) is 4.98 Å². The molecule has 0 radical (unpaired) electrons. The highest BCUT2D eigenvalue weighted by Gasteiger charge is 2.17. The topological polar surface area (TPSA) is 51.3 Å². The summed E-state index contributed by atoms with van der Waals surface area (Å²) in [7, 11) is 0. The van der Waals surface area contributed by atoms with Crippen LogP contribution < -0.4 is 5.73 Å². The summed E-state index contributed by atoms with van der Waals surface area (Å²) in [5, 5.41) is 0. The standard InChI is InChI=1S/C15H18N2.C2H5N.C2H6/c1-11-6-7-16-14(8-11)5-4-13(3)15-9-12(2)10-17-15;1-2-3;1-2/h6-8,12-13H,9-10H2,1-3H3;2H,1,3H2;1-2H3. The highest BCUT2D eigenvalue weighted by molar-refractivity contribution is 5.90. The molecule has 0 aromatic carbocycles. The van der Waals surface area contributed by atoms with Gasteiger partial charge < -0.3 is 5.73 Å². The molecule has 1 aliphatic rings. The number of aryl methyl sites for hydroxylation is 1. The molecule has 2 atom stereocenters. The van der Waals surface area contributed by atoms with Gasteiger partial charge in [-0.05, 0) is 56.0 Å². The molecule has 2 rings (SSSR count). The molecule has 1 aromatic heterocycles. The molecule has 1 aromatic rings. The Morgan fingerprint density at radius 3 is 2.59 bits per heavy atom. The Kier molecular flexibility index (Phi) is 10.5. The van der Waals surface area contributed by atoms with E-state index in [1.54, 1.807) is 6.20 Å². The second kappa shape index (κ2) is 11.6. The van der Waals surface area contributed by atoms with Crippen molar-refractivity contribution in [3.05, 3.63) is 42.4 Å². The molecule has 120 valence electrons. The van der Waals surface area contributed by atoms with Crippen LogP contribution in [0.2, 0.25) is 0 Å². The largest absolute Gasteiger partial charge is 0.405 e. The van der Waals surface area contributed by atoms with Gasteiger partial charge in [-0.2, -0.15) is 0 Å². The molecule has 2 unspecified atom stereocenters. The van der Waals surface area contributed by atoms with Crippen LogP contribution in [0.3, 0.4) is 0 Å². The van der Waals surface area contributed by atoms with Gasteiger partial charge in [0.25, 0.3) is 0 Å². The maximum absolute atomic E-state index is 4.61. The first-order valence-electron chi connectivity index (χ1n) is 7.86. The van der Waals surface area contributed by atoms with Gasteiger partial charge in [0.1, 0.15) is 5.69 Å². The van der Waals surface area contributed by atoms with Crippen LogP contribution in [0.1, 0.15) is 45.4 Å². The molecule has 0 fully saturated rings. The van der Waals surface area contributed by atoms with Crippen molar-refractivity contribution in [1.29, 1.82) is 0 Å². The second-order valence-electron chi connectivity index (χ2n) is 5.09. The zero-order chi connectivity index (χ0) is 17.0. The lowest BCUT2D eigenvalue weighted by atomic mass is 9.99. The molecule has 0 saturated carbocycles. The molecule has 0 aliphatic carbocycles. The predicted molar refractivity (Wildman–Crippen MR) is 96.8 cm³/mol. The van der Waals surface area contributed by atoms with Crippen LogP contribution in [0.25, 0.3) is 0 Å². The van der Waals surface area contributed by atoms with Crippen LogP contribution >= 0.6 is 0 Å². The average Bonchev–Trinajstić information content (AvgIpc) is 2.94. The van der Waals surface area contributed by atoms with Gasteiger partial charge >= 0.3 is 0 Å². The third kappa shape index (κ3) is 7.64. The summed E-state index contributed by atoms with van der Waals surface area (Å²) in [6.07, 6.45) is 4.15. The smallest absolute Gasteiger partial charge is 0.113 e. The molecule has 22 heavy (non-hydrogen) atoms. The Morgan fingerprint density at radius 2 is 2.09 bits per heavy atom. The van der Waals surface area contributed by atoms with Gasteiger partial charge in [-0.1, -0.05) is 33.3 Å². The molecule has 0 bridgehead atoms. The number of nitrogens with two attached hydrogens (primary N) is 1. The summed E-state index contributed by atoms with van der Waals surface area (Å²) in [5.74, 6) is 7.32. The molecule has 3 heteroatoms. The van der Waals surface area contributed by atoms with E-state index < -0.39 is 0 Å². The minimum atomic E-state index is 0.252. The molecule has 0 saturated heterocycles. The van der Waals surface area contributed by atoms with Gasteiger partial charge in [0.15, 0.2) is 0 Å².